The largest absolute Gasteiger partial charge is 0.454 e. The molecule has 0 radical (unpaired) electrons. The SMILES string of the molecule is CC\C=C/C=C/C=C/C=C\C=C\C=C\CCCCCC(=O)OC1C(OCC(NC(=O)C(O)CCCC\C=C/C=C\C=C\C=C\CC)C(O)/C=C/CCCCCCCCCCCCC)OC(CO)C(O)C1O. The van der Waals surface area contributed by atoms with Crippen molar-refractivity contribution in [2.45, 2.75) is 217 Å². The molecule has 0 saturated carbocycles. The number of unbranched alkanes of at least 4 members (excludes halogenated alkanes) is 16. The molecule has 0 aromatic heterocycles. The summed E-state index contributed by atoms with van der Waals surface area (Å²) in [5, 5.41) is 56.6. The highest BCUT2D eigenvalue weighted by Crippen LogP contribution is 2.26. The lowest BCUT2D eigenvalue weighted by Gasteiger charge is -2.41. The summed E-state index contributed by atoms with van der Waals surface area (Å²) in [7, 11) is 0. The van der Waals surface area contributed by atoms with Crippen LogP contribution in [0.15, 0.2) is 134 Å². The highest BCUT2D eigenvalue weighted by atomic mass is 16.7. The second-order valence-electron chi connectivity index (χ2n) is 18.1. The van der Waals surface area contributed by atoms with Crippen LogP contribution in [0.4, 0.5) is 0 Å². The van der Waals surface area contributed by atoms with Gasteiger partial charge in [0.25, 0.3) is 0 Å². The van der Waals surface area contributed by atoms with Crippen molar-refractivity contribution < 1.29 is 49.3 Å². The van der Waals surface area contributed by atoms with Gasteiger partial charge in [0.05, 0.1) is 25.4 Å². The van der Waals surface area contributed by atoms with Crippen molar-refractivity contribution in [3.05, 3.63) is 134 Å². The van der Waals surface area contributed by atoms with E-state index in [1.165, 1.54) is 51.4 Å². The van der Waals surface area contributed by atoms with Crippen LogP contribution in [0.5, 0.6) is 0 Å². The van der Waals surface area contributed by atoms with E-state index in [9.17, 15) is 35.1 Å². The van der Waals surface area contributed by atoms with Crippen LogP contribution in [0.1, 0.15) is 168 Å². The van der Waals surface area contributed by atoms with Crippen LogP contribution in [-0.4, -0.2) is 99.6 Å². The van der Waals surface area contributed by atoms with E-state index >= 15 is 0 Å². The smallest absolute Gasteiger partial charge is 0.306 e. The number of nitrogens with one attached hydrogen (secondary N) is 1. The third-order valence-corrected chi connectivity index (χ3v) is 11.8. The molecule has 400 valence electrons. The fraction of sp³-hybridized carbons (Fsp3) is 0.600. The molecule has 1 aliphatic rings. The summed E-state index contributed by atoms with van der Waals surface area (Å²) < 4.78 is 17.5. The molecule has 0 aliphatic carbocycles. The summed E-state index contributed by atoms with van der Waals surface area (Å²) in [6.45, 7) is 5.40. The predicted molar refractivity (Wildman–Crippen MR) is 291 cm³/mol. The molecule has 1 aliphatic heterocycles. The number of allylic oxidation sites excluding steroid dienone is 21. The second-order valence-corrected chi connectivity index (χ2v) is 18.1. The van der Waals surface area contributed by atoms with Gasteiger partial charge in [-0.05, 0) is 64.2 Å². The number of hydrogen-bond acceptors (Lipinski definition) is 10. The second kappa shape index (κ2) is 46.8. The Kier molecular flexibility index (Phi) is 42.8. The zero-order chi connectivity index (χ0) is 51.8. The number of ether oxygens (including phenoxy) is 3. The van der Waals surface area contributed by atoms with Crippen LogP contribution < -0.4 is 5.32 Å². The minimum atomic E-state index is -1.65. The molecule has 11 heteroatoms. The lowest BCUT2D eigenvalue weighted by atomic mass is 9.99. The molecule has 8 atom stereocenters. The monoisotopic (exact) mass is 990 g/mol. The minimum Gasteiger partial charge on any atom is -0.454 e. The average Bonchev–Trinajstić information content (AvgIpc) is 3.37. The van der Waals surface area contributed by atoms with Gasteiger partial charge in [-0.1, -0.05) is 231 Å². The number of carbonyl (C=O) groups excluding carboxylic acids is 2. The van der Waals surface area contributed by atoms with Gasteiger partial charge >= 0.3 is 5.97 Å². The fourth-order valence-electron chi connectivity index (χ4n) is 7.51. The van der Waals surface area contributed by atoms with Crippen molar-refractivity contribution >= 4 is 11.9 Å². The summed E-state index contributed by atoms with van der Waals surface area (Å²) >= 11 is 0. The molecule has 71 heavy (non-hydrogen) atoms. The topological polar surface area (TPSA) is 175 Å². The van der Waals surface area contributed by atoms with Crippen LogP contribution in [0.25, 0.3) is 0 Å². The Balaban J connectivity index is 2.84. The van der Waals surface area contributed by atoms with Gasteiger partial charge in [0.2, 0.25) is 5.91 Å². The van der Waals surface area contributed by atoms with E-state index in [1.807, 2.05) is 109 Å². The number of hydrogen-bond donors (Lipinski definition) is 6. The Labute approximate surface area is 429 Å². The Morgan fingerprint density at radius 3 is 1.52 bits per heavy atom. The van der Waals surface area contributed by atoms with E-state index in [-0.39, 0.29) is 19.4 Å². The lowest BCUT2D eigenvalue weighted by molar-refractivity contribution is -0.305. The molecule has 0 bridgehead atoms. The van der Waals surface area contributed by atoms with Crippen molar-refractivity contribution in [3.63, 3.8) is 0 Å². The normalized spacial score (nSPS) is 20.7. The average molecular weight is 990 g/mol. The molecule has 1 amide bonds. The van der Waals surface area contributed by atoms with Gasteiger partial charge < -0.3 is 45.1 Å². The highest BCUT2D eigenvalue weighted by molar-refractivity contribution is 5.80. The number of esters is 1. The number of carbonyl (C=O) groups is 2. The fourth-order valence-corrected chi connectivity index (χ4v) is 7.51. The minimum absolute atomic E-state index is 0.0583. The van der Waals surface area contributed by atoms with Crippen molar-refractivity contribution in [3.8, 4) is 0 Å². The third kappa shape index (κ3) is 35.5. The van der Waals surface area contributed by atoms with Gasteiger partial charge in [-0.3, -0.25) is 9.59 Å². The molecule has 0 aromatic carbocycles. The van der Waals surface area contributed by atoms with Gasteiger partial charge in [0.15, 0.2) is 12.4 Å². The first-order valence-corrected chi connectivity index (χ1v) is 27.1. The van der Waals surface area contributed by atoms with E-state index in [1.54, 1.807) is 6.08 Å². The Morgan fingerprint density at radius 2 is 1.01 bits per heavy atom. The molecular weight excluding hydrogens is 895 g/mol. The van der Waals surface area contributed by atoms with Crippen LogP contribution in [0.3, 0.4) is 0 Å². The highest BCUT2D eigenvalue weighted by Gasteiger charge is 2.47. The van der Waals surface area contributed by atoms with E-state index < -0.39 is 67.4 Å². The van der Waals surface area contributed by atoms with Crippen molar-refractivity contribution in [1.82, 2.24) is 5.32 Å². The van der Waals surface area contributed by atoms with Gasteiger partial charge in [-0.2, -0.15) is 0 Å². The van der Waals surface area contributed by atoms with Crippen molar-refractivity contribution in [2.75, 3.05) is 13.2 Å². The summed E-state index contributed by atoms with van der Waals surface area (Å²) in [6.07, 6.45) is 55.0. The maximum absolute atomic E-state index is 13.3. The van der Waals surface area contributed by atoms with Crippen LogP contribution in [0, 0.1) is 0 Å². The molecule has 8 unspecified atom stereocenters. The van der Waals surface area contributed by atoms with Crippen LogP contribution >= 0.6 is 0 Å². The van der Waals surface area contributed by atoms with E-state index in [0.29, 0.717) is 12.8 Å². The molecule has 1 heterocycles. The lowest BCUT2D eigenvalue weighted by Crippen LogP contribution is -2.61. The summed E-state index contributed by atoms with van der Waals surface area (Å²) in [4.78, 5) is 26.4. The summed E-state index contributed by atoms with van der Waals surface area (Å²) in [5.74, 6) is -1.30. The van der Waals surface area contributed by atoms with Crippen molar-refractivity contribution in [2.24, 2.45) is 0 Å². The predicted octanol–water partition coefficient (Wildman–Crippen LogP) is 11.7. The van der Waals surface area contributed by atoms with E-state index in [2.05, 4.69) is 44.3 Å². The zero-order valence-electron chi connectivity index (χ0n) is 43.8. The first-order valence-electron chi connectivity index (χ1n) is 27.1. The molecule has 1 saturated heterocycles. The van der Waals surface area contributed by atoms with Crippen LogP contribution in [-0.2, 0) is 23.8 Å². The van der Waals surface area contributed by atoms with E-state index in [4.69, 9.17) is 14.2 Å². The summed E-state index contributed by atoms with van der Waals surface area (Å²) in [5.41, 5.74) is 0. The molecule has 11 nitrogen and oxygen atoms in total. The first kappa shape index (κ1) is 64.8. The number of amides is 1. The molecule has 0 spiro atoms. The maximum atomic E-state index is 13.3. The molecule has 1 rings (SSSR count). The molecule has 0 aromatic rings. The third-order valence-electron chi connectivity index (χ3n) is 11.8. The standard InChI is InChI=1S/C60H95NO10/c1-4-7-10-13-16-19-22-25-26-27-28-30-33-36-39-42-45-48-55(65)71-58-57(67)56(66)54(49-62)70-60(58)69-50-51(52(63)46-43-40-37-34-32-29-23-20-17-14-11-8-5-2)61-59(68)53(64)47-44-41-38-35-31-24-21-18-15-12-9-6-3/h7,9-10,12-13,15-16,18-19,21-22,24-28,30-31,33,35,43,46,51-54,56-58,60,62-64,66-67H,4-6,8,11,14,17,20,23,29,32,34,36-42,44-45,47-50H2,1-3H3,(H,61,68)/b10-7-,12-9+,16-13+,18-15+,22-19+,24-21-,26-25-,28-27+,33-30+,35-31-,46-43+. The van der Waals surface area contributed by atoms with Gasteiger partial charge in [0.1, 0.15) is 24.4 Å². The van der Waals surface area contributed by atoms with Crippen molar-refractivity contribution in [1.29, 1.82) is 0 Å². The Hall–Kier alpha value is -4.20. The molecular formula is C60H95NO10. The first-order chi connectivity index (χ1) is 34.7. The Morgan fingerprint density at radius 1 is 0.563 bits per heavy atom. The Bertz CT molecular complexity index is 1650. The summed E-state index contributed by atoms with van der Waals surface area (Å²) in [6, 6.07) is -1.06. The van der Waals surface area contributed by atoms with E-state index in [0.717, 1.165) is 70.6 Å². The number of aliphatic hydroxyl groups is 5. The van der Waals surface area contributed by atoms with Gasteiger partial charge in [-0.25, -0.2) is 0 Å². The zero-order valence-corrected chi connectivity index (χ0v) is 43.8. The number of rotatable bonds is 42. The maximum Gasteiger partial charge on any atom is 0.306 e. The van der Waals surface area contributed by atoms with Crippen LogP contribution in [0.2, 0.25) is 0 Å². The molecule has 6 N–H and O–H groups in total. The molecule has 1 fully saturated rings. The van der Waals surface area contributed by atoms with Gasteiger partial charge in [-0.15, -0.1) is 0 Å². The number of aliphatic hydroxyl groups excluding tert-OH is 5. The quantitative estimate of drug-likeness (QED) is 0.0149. The van der Waals surface area contributed by atoms with Gasteiger partial charge in [0, 0.05) is 6.42 Å².